The maximum Gasteiger partial charge on any atom is 0.214 e. The van der Waals surface area contributed by atoms with Crippen LogP contribution in [0.3, 0.4) is 0 Å². The molecule has 5 rings (SSSR count). The zero-order valence-electron chi connectivity index (χ0n) is 17.6. The molecule has 30 heavy (non-hydrogen) atoms. The Hall–Kier alpha value is -2.46. The Bertz CT molecular complexity index is 1020. The molecule has 0 amide bonds. The number of ether oxygens (including phenoxy) is 1. The topological polar surface area (TPSA) is 25.4 Å². The van der Waals surface area contributed by atoms with Gasteiger partial charge in [0.1, 0.15) is 5.82 Å². The molecule has 3 nitrogen and oxygen atoms in total. The van der Waals surface area contributed by atoms with Crippen molar-refractivity contribution in [1.29, 1.82) is 0 Å². The number of benzene rings is 2. The van der Waals surface area contributed by atoms with Crippen LogP contribution >= 0.6 is 0 Å². The number of aromatic nitrogens is 1. The van der Waals surface area contributed by atoms with Gasteiger partial charge in [0.2, 0.25) is 5.88 Å². The summed E-state index contributed by atoms with van der Waals surface area (Å²) in [6.45, 7) is 6.26. The van der Waals surface area contributed by atoms with Gasteiger partial charge in [0, 0.05) is 24.1 Å². The molecular formula is C26H29FN2O. The summed E-state index contributed by atoms with van der Waals surface area (Å²) in [4.78, 5) is 7.03. The Balaban J connectivity index is 1.13. The van der Waals surface area contributed by atoms with Gasteiger partial charge in [-0.2, -0.15) is 0 Å². The number of hydrogen-bond donors (Lipinski definition) is 0. The molecule has 156 valence electrons. The lowest BCUT2D eigenvalue weighted by Crippen LogP contribution is -2.27. The van der Waals surface area contributed by atoms with Gasteiger partial charge in [-0.1, -0.05) is 24.3 Å². The van der Waals surface area contributed by atoms with Gasteiger partial charge in [0.05, 0.1) is 12.1 Å². The molecule has 1 saturated carbocycles. The lowest BCUT2D eigenvalue weighted by Gasteiger charge is -2.35. The quantitative estimate of drug-likeness (QED) is 0.515. The maximum atomic E-state index is 13.5. The third-order valence-electron chi connectivity index (χ3n) is 6.71. The molecule has 2 aliphatic rings. The maximum absolute atomic E-state index is 13.5. The molecule has 1 aliphatic heterocycles. The van der Waals surface area contributed by atoms with Crippen molar-refractivity contribution in [2.45, 2.75) is 45.1 Å². The summed E-state index contributed by atoms with van der Waals surface area (Å²) in [6, 6.07) is 15.9. The minimum absolute atomic E-state index is 0.264. The second-order valence-electron chi connectivity index (χ2n) is 9.01. The predicted octanol–water partition coefficient (Wildman–Crippen LogP) is 5.85. The first-order chi connectivity index (χ1) is 14.6. The Morgan fingerprint density at radius 1 is 1.03 bits per heavy atom. The molecule has 0 unspecified atom stereocenters. The lowest BCUT2D eigenvalue weighted by atomic mass is 9.72. The van der Waals surface area contributed by atoms with Crippen LogP contribution in [0.15, 0.2) is 48.5 Å². The molecule has 2 fully saturated rings. The van der Waals surface area contributed by atoms with Gasteiger partial charge in [-0.3, -0.25) is 4.90 Å². The van der Waals surface area contributed by atoms with Gasteiger partial charge >= 0.3 is 0 Å². The molecule has 0 N–H and O–H groups in total. The highest BCUT2D eigenvalue weighted by Crippen LogP contribution is 2.42. The van der Waals surface area contributed by atoms with Gasteiger partial charge in [-0.25, -0.2) is 9.37 Å². The van der Waals surface area contributed by atoms with E-state index in [2.05, 4.69) is 34.1 Å². The molecule has 1 saturated heterocycles. The summed E-state index contributed by atoms with van der Waals surface area (Å²) in [7, 11) is 0. The van der Waals surface area contributed by atoms with E-state index in [4.69, 9.17) is 4.74 Å². The standard InChI is InChI=1S/C26H29FN2O/c1-18-12-26(28-25-15-23(27)8-9-24(18)25)30-17-20-13-22(14-20)21-6-4-19(5-7-21)16-29-10-2-3-11-29/h4-9,12,15,20,22H,2-3,10-11,13-14,16-17H2,1H3. The summed E-state index contributed by atoms with van der Waals surface area (Å²) >= 11 is 0. The highest BCUT2D eigenvalue weighted by molar-refractivity contribution is 5.82. The van der Waals surface area contributed by atoms with Crippen molar-refractivity contribution in [1.82, 2.24) is 9.88 Å². The van der Waals surface area contributed by atoms with Crippen LogP contribution in [0.4, 0.5) is 4.39 Å². The average molecular weight is 405 g/mol. The predicted molar refractivity (Wildman–Crippen MR) is 118 cm³/mol. The van der Waals surface area contributed by atoms with Crippen molar-refractivity contribution in [3.8, 4) is 5.88 Å². The van der Waals surface area contributed by atoms with Gasteiger partial charge in [0.15, 0.2) is 0 Å². The highest BCUT2D eigenvalue weighted by atomic mass is 19.1. The lowest BCUT2D eigenvalue weighted by molar-refractivity contribution is 0.154. The molecule has 4 heteroatoms. The first-order valence-corrected chi connectivity index (χ1v) is 11.1. The number of pyridine rings is 1. The number of likely N-dealkylation sites (tertiary alicyclic amines) is 1. The number of aryl methyl sites for hydroxylation is 1. The molecule has 0 spiro atoms. The fraction of sp³-hybridized carbons (Fsp3) is 0.423. The summed E-state index contributed by atoms with van der Waals surface area (Å²) in [5.41, 5.74) is 4.60. The first kappa shape index (κ1) is 19.5. The molecule has 0 radical (unpaired) electrons. The second kappa shape index (κ2) is 8.35. The first-order valence-electron chi connectivity index (χ1n) is 11.1. The number of hydrogen-bond acceptors (Lipinski definition) is 3. The monoisotopic (exact) mass is 404 g/mol. The van der Waals surface area contributed by atoms with E-state index in [1.807, 2.05) is 13.0 Å². The highest BCUT2D eigenvalue weighted by Gasteiger charge is 2.31. The summed E-state index contributed by atoms with van der Waals surface area (Å²) in [5.74, 6) is 1.53. The van der Waals surface area contributed by atoms with Crippen LogP contribution in [0, 0.1) is 18.7 Å². The van der Waals surface area contributed by atoms with Gasteiger partial charge in [-0.05, 0) is 86.4 Å². The largest absolute Gasteiger partial charge is 0.477 e. The normalized spacial score (nSPS) is 21.7. The van der Waals surface area contributed by atoms with Crippen molar-refractivity contribution in [2.75, 3.05) is 19.7 Å². The minimum Gasteiger partial charge on any atom is -0.477 e. The second-order valence-corrected chi connectivity index (χ2v) is 9.01. The van der Waals surface area contributed by atoms with Crippen LogP contribution in [0.2, 0.25) is 0 Å². The Kier molecular flexibility index (Phi) is 5.43. The third kappa shape index (κ3) is 4.20. The van der Waals surface area contributed by atoms with E-state index < -0.39 is 0 Å². The van der Waals surface area contributed by atoms with E-state index in [9.17, 15) is 4.39 Å². The molecule has 1 aromatic heterocycles. The Morgan fingerprint density at radius 2 is 1.80 bits per heavy atom. The average Bonchev–Trinajstić information content (AvgIpc) is 3.20. The summed E-state index contributed by atoms with van der Waals surface area (Å²) in [5, 5.41) is 0.973. The van der Waals surface area contributed by atoms with Gasteiger partial charge in [0.25, 0.3) is 0 Å². The van der Waals surface area contributed by atoms with Crippen LogP contribution in [-0.2, 0) is 6.54 Å². The van der Waals surface area contributed by atoms with Gasteiger partial charge < -0.3 is 4.74 Å². The molecule has 1 aliphatic carbocycles. The molecule has 0 bridgehead atoms. The fourth-order valence-corrected chi connectivity index (χ4v) is 4.86. The van der Waals surface area contributed by atoms with Crippen LogP contribution in [0.5, 0.6) is 5.88 Å². The van der Waals surface area contributed by atoms with E-state index in [0.29, 0.717) is 29.8 Å². The number of nitrogens with zero attached hydrogens (tertiary/aromatic N) is 2. The zero-order valence-corrected chi connectivity index (χ0v) is 17.6. The van der Waals surface area contributed by atoms with Gasteiger partial charge in [-0.15, -0.1) is 0 Å². The van der Waals surface area contributed by atoms with Crippen LogP contribution in [-0.4, -0.2) is 29.6 Å². The minimum atomic E-state index is -0.264. The number of fused-ring (bicyclic) bond motifs is 1. The van der Waals surface area contributed by atoms with E-state index in [0.717, 1.165) is 30.3 Å². The smallest absolute Gasteiger partial charge is 0.214 e. The van der Waals surface area contributed by atoms with Crippen LogP contribution in [0.25, 0.3) is 10.9 Å². The van der Waals surface area contributed by atoms with E-state index in [1.54, 1.807) is 6.07 Å². The number of rotatable bonds is 6. The van der Waals surface area contributed by atoms with Crippen molar-refractivity contribution in [2.24, 2.45) is 5.92 Å². The van der Waals surface area contributed by atoms with Crippen LogP contribution in [0.1, 0.15) is 48.3 Å². The van der Waals surface area contributed by atoms with E-state index >= 15 is 0 Å². The van der Waals surface area contributed by atoms with Crippen molar-refractivity contribution in [3.05, 3.63) is 71.0 Å². The molecule has 0 atom stereocenters. The van der Waals surface area contributed by atoms with Crippen molar-refractivity contribution >= 4 is 10.9 Å². The molecule has 2 aromatic carbocycles. The zero-order chi connectivity index (χ0) is 20.5. The van der Waals surface area contributed by atoms with E-state index in [-0.39, 0.29) is 5.82 Å². The molecule has 3 aromatic rings. The molecule has 2 heterocycles. The van der Waals surface area contributed by atoms with Crippen LogP contribution < -0.4 is 4.74 Å². The summed E-state index contributed by atoms with van der Waals surface area (Å²) in [6.07, 6.45) is 5.00. The van der Waals surface area contributed by atoms with Crippen molar-refractivity contribution < 1.29 is 9.13 Å². The van der Waals surface area contributed by atoms with E-state index in [1.165, 1.54) is 49.2 Å². The summed E-state index contributed by atoms with van der Waals surface area (Å²) < 4.78 is 19.5. The molecular weight excluding hydrogens is 375 g/mol. The number of halogens is 1. The van der Waals surface area contributed by atoms with Crippen molar-refractivity contribution in [3.63, 3.8) is 0 Å². The fourth-order valence-electron chi connectivity index (χ4n) is 4.86. The Morgan fingerprint density at radius 3 is 2.57 bits per heavy atom. The third-order valence-corrected chi connectivity index (χ3v) is 6.71. The SMILES string of the molecule is Cc1cc(OCC2CC(c3ccc(CN4CCCC4)cc3)C2)nc2cc(F)ccc12. The Labute approximate surface area is 177 Å².